The molecule has 66 valence electrons. The zero-order valence-corrected chi connectivity index (χ0v) is 6.04. The van der Waals surface area contributed by atoms with Gasteiger partial charge in [0, 0.05) is 19.1 Å². The number of nitrogens with two attached hydrogens (primary N) is 1. The second-order valence-electron chi connectivity index (χ2n) is 1.81. The van der Waals surface area contributed by atoms with Crippen LogP contribution in [0.25, 0.3) is 0 Å². The molecule has 0 aliphatic rings. The molecule has 0 heterocycles. The lowest BCUT2D eigenvalue weighted by atomic mass is 10.3. The van der Waals surface area contributed by atoms with E-state index in [-0.39, 0.29) is 16.0 Å². The summed E-state index contributed by atoms with van der Waals surface area (Å²) in [7, 11) is 0. The summed E-state index contributed by atoms with van der Waals surface area (Å²) in [5.41, 5.74) is 5.27. The first kappa shape index (κ1) is 16.4. The van der Waals surface area contributed by atoms with Crippen molar-refractivity contribution in [3.63, 3.8) is 0 Å². The summed E-state index contributed by atoms with van der Waals surface area (Å²) in [5, 5.41) is 11.3. The van der Waals surface area contributed by atoms with Gasteiger partial charge in [0.25, 0.3) is 0 Å². The molecule has 0 aromatic heterocycles. The van der Waals surface area contributed by atoms with Crippen LogP contribution >= 0.6 is 0 Å². The number of hydrogen-bond donors (Lipinski definition) is 3. The van der Waals surface area contributed by atoms with Gasteiger partial charge in [-0.1, -0.05) is 0 Å². The Morgan fingerprint density at radius 2 is 2.00 bits per heavy atom. The summed E-state index contributed by atoms with van der Waals surface area (Å²) < 4.78 is 0. The van der Waals surface area contributed by atoms with Crippen LogP contribution in [0.15, 0.2) is 0 Å². The largest absolute Gasteiger partial charge is 0.395 e. The summed E-state index contributed by atoms with van der Waals surface area (Å²) in [4.78, 5) is 0. The van der Waals surface area contributed by atoms with Crippen LogP contribution in [-0.4, -0.2) is 30.8 Å². The second kappa shape index (κ2) is 11.5. The van der Waals surface area contributed by atoms with Gasteiger partial charge in [-0.25, -0.2) is 0 Å². The fourth-order valence-corrected chi connectivity index (χ4v) is 0.394. The molecule has 1 unspecified atom stereocenters. The highest BCUT2D eigenvalue weighted by Gasteiger charge is 1.92. The molecule has 4 N–H and O–H groups in total. The van der Waals surface area contributed by atoms with Crippen molar-refractivity contribution >= 4 is 0 Å². The first-order chi connectivity index (χ1) is 3.81. The van der Waals surface area contributed by atoms with E-state index in [9.17, 15) is 0 Å². The van der Waals surface area contributed by atoms with Crippen LogP contribution in [-0.2, 0) is 0 Å². The minimum absolute atomic E-state index is 0. The summed E-state index contributed by atoms with van der Waals surface area (Å²) in [6, 6.07) is 0.321. The van der Waals surface area contributed by atoms with Gasteiger partial charge in [0.05, 0.1) is 6.61 Å². The SMILES string of the molecule is CC(CN)NCCO.F.F. The van der Waals surface area contributed by atoms with Crippen LogP contribution in [0.5, 0.6) is 0 Å². The molecule has 0 aliphatic carbocycles. The molecule has 0 aromatic rings. The van der Waals surface area contributed by atoms with Gasteiger partial charge in [0.1, 0.15) is 0 Å². The summed E-state index contributed by atoms with van der Waals surface area (Å²) in [5.74, 6) is 0. The van der Waals surface area contributed by atoms with Crippen molar-refractivity contribution in [3.8, 4) is 0 Å². The number of nitrogens with one attached hydrogen (secondary N) is 1. The normalized spacial score (nSPS) is 11.1. The summed E-state index contributed by atoms with van der Waals surface area (Å²) in [6.45, 7) is 3.43. The van der Waals surface area contributed by atoms with Crippen LogP contribution in [0.2, 0.25) is 0 Å². The minimum atomic E-state index is 0. The maximum Gasteiger partial charge on any atom is 0.0556 e. The van der Waals surface area contributed by atoms with Gasteiger partial charge in [-0.2, -0.15) is 0 Å². The Hall–Kier alpha value is -0.260. The first-order valence-corrected chi connectivity index (χ1v) is 2.85. The quantitative estimate of drug-likeness (QED) is 0.503. The van der Waals surface area contributed by atoms with Gasteiger partial charge in [0.2, 0.25) is 0 Å². The van der Waals surface area contributed by atoms with Crippen LogP contribution in [0.4, 0.5) is 9.41 Å². The van der Waals surface area contributed by atoms with E-state index in [2.05, 4.69) is 5.32 Å². The van der Waals surface area contributed by atoms with Gasteiger partial charge in [0.15, 0.2) is 0 Å². The molecule has 1 atom stereocenters. The molecule has 0 aliphatic heterocycles. The number of halogens is 2. The standard InChI is InChI=1S/C5H14N2O.2FH/c1-5(4-6)7-2-3-8;;/h5,7-8H,2-4,6H2,1H3;2*1H. The average Bonchev–Trinajstić information content (AvgIpc) is 1.83. The van der Waals surface area contributed by atoms with Gasteiger partial charge < -0.3 is 16.2 Å². The molecular formula is C5H16F2N2O. The zero-order valence-electron chi connectivity index (χ0n) is 6.04. The number of rotatable bonds is 4. The van der Waals surface area contributed by atoms with Gasteiger partial charge in [-0.3, -0.25) is 9.41 Å². The molecule has 0 radical (unpaired) electrons. The van der Waals surface area contributed by atoms with E-state index in [1.165, 1.54) is 0 Å². The highest BCUT2D eigenvalue weighted by molar-refractivity contribution is 4.58. The Kier molecular flexibility index (Phi) is 18.9. The number of aliphatic hydroxyl groups excluding tert-OH is 1. The van der Waals surface area contributed by atoms with Crippen LogP contribution in [0.1, 0.15) is 6.92 Å². The summed E-state index contributed by atoms with van der Waals surface area (Å²) >= 11 is 0. The zero-order chi connectivity index (χ0) is 6.41. The van der Waals surface area contributed by atoms with Crippen molar-refractivity contribution in [2.45, 2.75) is 13.0 Å². The van der Waals surface area contributed by atoms with E-state index in [0.29, 0.717) is 19.1 Å². The number of hydrogen-bond acceptors (Lipinski definition) is 3. The predicted molar refractivity (Wildman–Crippen MR) is 38.6 cm³/mol. The van der Waals surface area contributed by atoms with E-state index >= 15 is 0 Å². The molecular weight excluding hydrogens is 142 g/mol. The molecule has 0 amide bonds. The molecule has 0 bridgehead atoms. The van der Waals surface area contributed by atoms with E-state index in [4.69, 9.17) is 10.8 Å². The Bertz CT molecular complexity index is 56.9. The third kappa shape index (κ3) is 10.7. The fraction of sp³-hybridized carbons (Fsp3) is 1.00. The van der Waals surface area contributed by atoms with Crippen molar-refractivity contribution < 1.29 is 14.5 Å². The molecule has 0 saturated heterocycles. The Morgan fingerprint density at radius 1 is 1.50 bits per heavy atom. The maximum absolute atomic E-state index is 8.31. The molecule has 0 fully saturated rings. The van der Waals surface area contributed by atoms with Crippen LogP contribution < -0.4 is 11.1 Å². The van der Waals surface area contributed by atoms with E-state index < -0.39 is 0 Å². The minimum Gasteiger partial charge on any atom is -0.395 e. The monoisotopic (exact) mass is 158 g/mol. The van der Waals surface area contributed by atoms with Crippen molar-refractivity contribution in [1.82, 2.24) is 5.32 Å². The smallest absolute Gasteiger partial charge is 0.0556 e. The average molecular weight is 158 g/mol. The lowest BCUT2D eigenvalue weighted by molar-refractivity contribution is 0.286. The molecule has 10 heavy (non-hydrogen) atoms. The molecule has 0 aromatic carbocycles. The Labute approximate surface area is 59.3 Å². The van der Waals surface area contributed by atoms with Crippen molar-refractivity contribution in [1.29, 1.82) is 0 Å². The van der Waals surface area contributed by atoms with Crippen LogP contribution in [0.3, 0.4) is 0 Å². The van der Waals surface area contributed by atoms with Gasteiger partial charge in [-0.15, -0.1) is 0 Å². The second-order valence-corrected chi connectivity index (χ2v) is 1.81. The van der Waals surface area contributed by atoms with Gasteiger partial charge in [-0.05, 0) is 6.92 Å². The molecule has 0 saturated carbocycles. The third-order valence-electron chi connectivity index (χ3n) is 0.958. The fourth-order valence-electron chi connectivity index (χ4n) is 0.394. The molecule has 0 spiro atoms. The Morgan fingerprint density at radius 3 is 2.30 bits per heavy atom. The van der Waals surface area contributed by atoms with Crippen molar-refractivity contribution in [3.05, 3.63) is 0 Å². The lowest BCUT2D eigenvalue weighted by Crippen LogP contribution is -2.34. The van der Waals surface area contributed by atoms with E-state index in [1.807, 2.05) is 6.92 Å². The summed E-state index contributed by atoms with van der Waals surface area (Å²) in [6.07, 6.45) is 0. The first-order valence-electron chi connectivity index (χ1n) is 2.85. The third-order valence-corrected chi connectivity index (χ3v) is 0.958. The highest BCUT2D eigenvalue weighted by Crippen LogP contribution is 1.71. The van der Waals surface area contributed by atoms with Crippen molar-refractivity contribution in [2.24, 2.45) is 5.73 Å². The molecule has 0 rings (SSSR count). The van der Waals surface area contributed by atoms with Gasteiger partial charge >= 0.3 is 0 Å². The molecule has 5 heteroatoms. The van der Waals surface area contributed by atoms with E-state index in [1.54, 1.807) is 0 Å². The van der Waals surface area contributed by atoms with E-state index in [0.717, 1.165) is 0 Å². The lowest BCUT2D eigenvalue weighted by Gasteiger charge is -2.07. The molecule has 3 nitrogen and oxygen atoms in total. The Balaban J connectivity index is -0.000000245. The van der Waals surface area contributed by atoms with Crippen LogP contribution in [0, 0.1) is 0 Å². The highest BCUT2D eigenvalue weighted by atomic mass is 19.0. The maximum atomic E-state index is 8.31. The topological polar surface area (TPSA) is 58.3 Å². The van der Waals surface area contributed by atoms with Crippen molar-refractivity contribution in [2.75, 3.05) is 19.7 Å². The predicted octanol–water partition coefficient (Wildman–Crippen LogP) is -0.779. The number of aliphatic hydroxyl groups is 1.